The Balaban J connectivity index is 0.725. The number of aryl methyl sites for hydroxylation is 1. The summed E-state index contributed by atoms with van der Waals surface area (Å²) in [6, 6.07) is 8.52. The summed E-state index contributed by atoms with van der Waals surface area (Å²) in [5.41, 5.74) is 6.04. The summed E-state index contributed by atoms with van der Waals surface area (Å²) in [6.45, 7) is 2.45. The standard InChI is InChI=1S/C55H72N8O19/c1-2-37-38-24-36-6-7-41(38)60-52-39(37)29-63-42(52)22-34-23-43(78-30-40(34)54(63)73)53(55(82-36)62-16-8-35(9-17-62)61-14-4-3-5-15-61)77-21-13-47(67)59-28-51(72)81-33-76-20-12-46(66)58-27-50(71)80-32-75-19-11-45(65)57-26-49(70)79-31-74-18-10-44(64)56-25-48(68)69/h6-7,22,24,35,43,53,55H,2-5,8-21,23,25-33H2,1H3,(H,56,64)(H,57,65)(H,58,66)(H,59,67)(H,68,69). The molecule has 8 bridgehead atoms. The van der Waals surface area contributed by atoms with E-state index in [4.69, 9.17) is 52.7 Å². The van der Waals surface area contributed by atoms with Gasteiger partial charge in [0.05, 0.1) is 81.9 Å². The number of rotatable bonds is 30. The molecule has 5 N–H and O–H groups in total. The fourth-order valence-electron chi connectivity index (χ4n) is 10.6. The van der Waals surface area contributed by atoms with Gasteiger partial charge in [-0.25, -0.2) is 4.98 Å². The summed E-state index contributed by atoms with van der Waals surface area (Å²) in [6.07, 6.45) is 4.26. The number of carbonyl (C=O) groups excluding carboxylic acids is 7. The topological polar surface area (TPSA) is 329 Å². The lowest BCUT2D eigenvalue weighted by Crippen LogP contribution is -2.58. The Labute approximate surface area is 472 Å². The van der Waals surface area contributed by atoms with Crippen molar-refractivity contribution in [3.63, 3.8) is 0 Å². The molecule has 3 aromatic rings. The first-order chi connectivity index (χ1) is 39.7. The smallest absolute Gasteiger partial charge is 0.327 e. The molecule has 3 atom stereocenters. The number of carbonyl (C=O) groups is 8. The highest BCUT2D eigenvalue weighted by atomic mass is 16.7. The maximum absolute atomic E-state index is 14.2. The van der Waals surface area contributed by atoms with Crippen molar-refractivity contribution in [2.75, 3.05) is 99.2 Å². The molecule has 0 saturated carbocycles. The van der Waals surface area contributed by atoms with Gasteiger partial charge in [0.15, 0.2) is 26.6 Å². The summed E-state index contributed by atoms with van der Waals surface area (Å²) in [5, 5.41) is 18.8. The maximum atomic E-state index is 14.2. The van der Waals surface area contributed by atoms with Gasteiger partial charge < -0.3 is 78.5 Å². The number of carboxylic acids is 1. The van der Waals surface area contributed by atoms with E-state index in [0.717, 1.165) is 84.4 Å². The monoisotopic (exact) mass is 1150 g/mol. The number of ether oxygens (including phenoxy) is 9. The lowest BCUT2D eigenvalue weighted by atomic mass is 9.93. The van der Waals surface area contributed by atoms with Gasteiger partial charge in [-0.3, -0.25) is 48.1 Å². The summed E-state index contributed by atoms with van der Waals surface area (Å²) in [5.74, 6) is -5.12. The van der Waals surface area contributed by atoms with Gasteiger partial charge in [-0.05, 0) is 80.6 Å². The van der Waals surface area contributed by atoms with Crippen LogP contribution in [0.2, 0.25) is 0 Å². The van der Waals surface area contributed by atoms with Crippen LogP contribution in [-0.4, -0.2) is 196 Å². The van der Waals surface area contributed by atoms with E-state index in [1.807, 2.05) is 22.8 Å². The summed E-state index contributed by atoms with van der Waals surface area (Å²) in [7, 11) is 0. The highest BCUT2D eigenvalue weighted by Crippen LogP contribution is 2.40. The van der Waals surface area contributed by atoms with Crippen molar-refractivity contribution < 1.29 is 86.1 Å². The zero-order valence-corrected chi connectivity index (χ0v) is 46.0. The number of hydrogen-bond donors (Lipinski definition) is 5. The number of carboxylic acid groups (broad SMARTS) is 1. The molecular weight excluding hydrogens is 1080 g/mol. The minimum absolute atomic E-state index is 0.0317. The molecule has 2 aromatic heterocycles. The van der Waals surface area contributed by atoms with Crippen molar-refractivity contribution in [1.82, 2.24) is 40.6 Å². The van der Waals surface area contributed by atoms with Crippen LogP contribution in [0.4, 0.5) is 0 Å². The first-order valence-corrected chi connectivity index (χ1v) is 27.8. The summed E-state index contributed by atoms with van der Waals surface area (Å²) < 4.78 is 52.2. The number of nitrogens with one attached hydrogen (secondary N) is 4. The molecule has 0 radical (unpaired) electrons. The highest BCUT2D eigenvalue weighted by Gasteiger charge is 2.42. The molecule has 27 heteroatoms. The Hall–Kier alpha value is -7.14. The first kappa shape index (κ1) is 60.9. The largest absolute Gasteiger partial charge is 0.480 e. The second-order valence-electron chi connectivity index (χ2n) is 20.3. The van der Waals surface area contributed by atoms with Crippen LogP contribution in [0, 0.1) is 0 Å². The molecule has 1 aromatic carbocycles. The Morgan fingerprint density at radius 3 is 1.80 bits per heavy atom. The second kappa shape index (κ2) is 30.2. The Morgan fingerprint density at radius 2 is 1.24 bits per heavy atom. The van der Waals surface area contributed by atoms with Crippen molar-refractivity contribution in [3.05, 3.63) is 56.9 Å². The molecule has 4 amide bonds. The Morgan fingerprint density at radius 1 is 0.683 bits per heavy atom. The first-order valence-electron chi connectivity index (χ1n) is 27.8. The van der Waals surface area contributed by atoms with Crippen molar-refractivity contribution in [2.24, 2.45) is 0 Å². The number of aliphatic carboxylic acids is 1. The van der Waals surface area contributed by atoms with Crippen LogP contribution < -0.4 is 31.6 Å². The lowest BCUT2D eigenvalue weighted by molar-refractivity contribution is -0.169. The number of nitrogens with zero attached hydrogens (tertiary/aromatic N) is 4. The number of hydrogen-bond acceptors (Lipinski definition) is 21. The van der Waals surface area contributed by atoms with Gasteiger partial charge in [0.2, 0.25) is 23.6 Å². The molecular formula is C55H72N8O19. The van der Waals surface area contributed by atoms with Crippen LogP contribution in [0.5, 0.6) is 5.75 Å². The lowest BCUT2D eigenvalue weighted by Gasteiger charge is -2.45. The van der Waals surface area contributed by atoms with Crippen molar-refractivity contribution in [2.45, 2.75) is 115 Å². The molecule has 82 heavy (non-hydrogen) atoms. The minimum Gasteiger partial charge on any atom is -0.480 e. The molecule has 3 unspecified atom stereocenters. The Bertz CT molecular complexity index is 2850. The van der Waals surface area contributed by atoms with Crippen LogP contribution in [0.3, 0.4) is 0 Å². The van der Waals surface area contributed by atoms with Gasteiger partial charge in [-0.15, -0.1) is 0 Å². The molecule has 27 nitrogen and oxygen atoms in total. The van der Waals surface area contributed by atoms with Gasteiger partial charge in [-0.2, -0.15) is 0 Å². The average molecular weight is 1150 g/mol. The fourth-order valence-corrected chi connectivity index (χ4v) is 10.6. The third-order valence-corrected chi connectivity index (χ3v) is 14.8. The number of benzene rings is 1. The van der Waals surface area contributed by atoms with Gasteiger partial charge >= 0.3 is 23.9 Å². The number of aromatic nitrogens is 2. The molecule has 7 aliphatic rings. The van der Waals surface area contributed by atoms with Gasteiger partial charge in [-0.1, -0.05) is 13.3 Å². The van der Waals surface area contributed by atoms with Gasteiger partial charge in [0, 0.05) is 48.5 Å². The number of piperidine rings is 2. The average Bonchev–Trinajstić information content (AvgIpc) is 4.10. The van der Waals surface area contributed by atoms with E-state index in [2.05, 4.69) is 44.1 Å². The molecule has 0 aliphatic carbocycles. The zero-order valence-electron chi connectivity index (χ0n) is 46.0. The van der Waals surface area contributed by atoms with E-state index in [1.165, 1.54) is 19.3 Å². The van der Waals surface area contributed by atoms with Crippen LogP contribution in [-0.2, 0) is 102 Å². The zero-order chi connectivity index (χ0) is 58.0. The summed E-state index contributed by atoms with van der Waals surface area (Å²) in [4.78, 5) is 120. The number of fused-ring (bicyclic) bond motifs is 1. The number of pyridine rings is 2. The maximum Gasteiger partial charge on any atom is 0.327 e. The summed E-state index contributed by atoms with van der Waals surface area (Å²) >= 11 is 0. The van der Waals surface area contributed by atoms with Gasteiger partial charge in [0.1, 0.15) is 38.0 Å². The Kier molecular flexibility index (Phi) is 22.5. The SMILES string of the molecule is CCc1c2c3nc4ccc(cc14)OC(N1CCC(N4CCCCC4)CC1)C(OCCC(=O)NCC(=O)OCOCCC(=O)NCC(=O)OCOCCC(=O)NCC(=O)OCOCCC(=O)NCC(=O)O)C1Cc4cc-3n(c(=O)c4CO1)C2. The molecule has 7 aliphatic heterocycles. The molecule has 10 rings (SSSR count). The molecule has 2 saturated heterocycles. The molecule has 446 valence electrons. The second-order valence-corrected chi connectivity index (χ2v) is 20.3. The predicted molar refractivity (Wildman–Crippen MR) is 285 cm³/mol. The van der Waals surface area contributed by atoms with Crippen molar-refractivity contribution in [3.8, 4) is 17.1 Å². The number of esters is 3. The number of amides is 4. The van der Waals surface area contributed by atoms with Crippen LogP contribution in [0.1, 0.15) is 87.0 Å². The van der Waals surface area contributed by atoms with E-state index in [9.17, 15) is 43.2 Å². The normalized spacial score (nSPS) is 18.5. The van der Waals surface area contributed by atoms with E-state index in [-0.39, 0.29) is 64.3 Å². The third-order valence-electron chi connectivity index (χ3n) is 14.8. The van der Waals surface area contributed by atoms with E-state index >= 15 is 0 Å². The highest BCUT2D eigenvalue weighted by molar-refractivity contribution is 5.89. The van der Waals surface area contributed by atoms with Crippen molar-refractivity contribution >= 4 is 58.4 Å². The molecule has 9 heterocycles. The molecule has 2 fully saturated rings. The fraction of sp³-hybridized carbons (Fsp3) is 0.600. The van der Waals surface area contributed by atoms with Crippen LogP contribution >= 0.6 is 0 Å². The number of likely N-dealkylation sites (tertiary alicyclic amines) is 2. The van der Waals surface area contributed by atoms with Crippen LogP contribution in [0.25, 0.3) is 22.3 Å². The van der Waals surface area contributed by atoms with E-state index in [1.54, 1.807) is 0 Å². The van der Waals surface area contributed by atoms with E-state index < -0.39 is 112 Å². The molecule has 0 spiro atoms. The predicted octanol–water partition coefficient (Wildman–Crippen LogP) is 0.145. The van der Waals surface area contributed by atoms with E-state index in [0.29, 0.717) is 30.3 Å². The minimum atomic E-state index is -1.20. The quantitative estimate of drug-likeness (QED) is 0.0201. The van der Waals surface area contributed by atoms with Gasteiger partial charge in [0.25, 0.3) is 5.56 Å². The van der Waals surface area contributed by atoms with Crippen molar-refractivity contribution in [1.29, 1.82) is 0 Å². The van der Waals surface area contributed by atoms with Crippen LogP contribution in [0.15, 0.2) is 29.1 Å². The third kappa shape index (κ3) is 17.0.